The van der Waals surface area contributed by atoms with Gasteiger partial charge in [0.2, 0.25) is 0 Å². The van der Waals surface area contributed by atoms with Crippen LogP contribution in [0.2, 0.25) is 0 Å². The van der Waals surface area contributed by atoms with Gasteiger partial charge >= 0.3 is 0 Å². The largest absolute Gasteiger partial charge is 0.361 e. The zero-order valence-electron chi connectivity index (χ0n) is 11.6. The molecule has 1 rings (SSSR count). The first-order valence-electron chi connectivity index (χ1n) is 6.58. The van der Waals surface area contributed by atoms with Gasteiger partial charge in [-0.3, -0.25) is 4.99 Å². The fraction of sp³-hybridized carbons (Fsp3) is 0.923. The predicted octanol–water partition coefficient (Wildman–Crippen LogP) is 3.96. The van der Waals surface area contributed by atoms with Gasteiger partial charge in [0.15, 0.2) is 0 Å². The Morgan fingerprint density at radius 1 is 1.13 bits per heavy atom. The van der Waals surface area contributed by atoms with Crippen LogP contribution in [0.1, 0.15) is 60.8 Å². The summed E-state index contributed by atoms with van der Waals surface area (Å²) in [5, 5.41) is 0. The molecule has 0 aromatic rings. The second-order valence-corrected chi connectivity index (χ2v) is 3.29. The lowest BCUT2D eigenvalue weighted by molar-refractivity contribution is 0.405. The van der Waals surface area contributed by atoms with Gasteiger partial charge in [-0.1, -0.05) is 41.0 Å². The minimum Gasteiger partial charge on any atom is -0.361 e. The van der Waals surface area contributed by atoms with Gasteiger partial charge in [0.1, 0.15) is 0 Å². The molecule has 0 saturated heterocycles. The molecule has 0 aliphatic carbocycles. The summed E-state index contributed by atoms with van der Waals surface area (Å²) in [5.41, 5.74) is 0. The van der Waals surface area contributed by atoms with E-state index in [0.717, 1.165) is 19.5 Å². The van der Waals surface area contributed by atoms with Crippen LogP contribution in [0, 0.1) is 0 Å². The number of aliphatic imine (C=N–C) groups is 1. The van der Waals surface area contributed by atoms with E-state index in [2.05, 4.69) is 37.6 Å². The van der Waals surface area contributed by atoms with E-state index in [1.54, 1.807) is 0 Å². The molecule has 0 unspecified atom stereocenters. The molecule has 92 valence electrons. The maximum Gasteiger partial charge on any atom is 0.0986 e. The Kier molecular flexibility index (Phi) is 15.2. The van der Waals surface area contributed by atoms with Crippen molar-refractivity contribution in [2.75, 3.05) is 19.6 Å². The van der Waals surface area contributed by atoms with Crippen molar-refractivity contribution >= 4 is 5.84 Å². The molecule has 1 aliphatic rings. The minimum absolute atomic E-state index is 1.04. The summed E-state index contributed by atoms with van der Waals surface area (Å²) < 4.78 is 0. The van der Waals surface area contributed by atoms with Crippen molar-refractivity contribution in [1.29, 1.82) is 0 Å². The summed E-state index contributed by atoms with van der Waals surface area (Å²) in [6.45, 7) is 16.0. The van der Waals surface area contributed by atoms with Crippen LogP contribution in [-0.4, -0.2) is 30.4 Å². The molecule has 0 fully saturated rings. The second kappa shape index (κ2) is 13.5. The number of nitrogens with zero attached hydrogens (tertiary/aromatic N) is 2. The van der Waals surface area contributed by atoms with Gasteiger partial charge in [0.05, 0.1) is 5.84 Å². The van der Waals surface area contributed by atoms with Crippen molar-refractivity contribution in [3.8, 4) is 0 Å². The van der Waals surface area contributed by atoms with Crippen LogP contribution < -0.4 is 0 Å². The summed E-state index contributed by atoms with van der Waals surface area (Å²) in [6.07, 6.45) is 3.57. The molecule has 0 spiro atoms. The number of hydrogen-bond acceptors (Lipinski definition) is 2. The Balaban J connectivity index is 0. The van der Waals surface area contributed by atoms with Crippen molar-refractivity contribution in [1.82, 2.24) is 4.90 Å². The molecule has 0 saturated carbocycles. The van der Waals surface area contributed by atoms with Crippen LogP contribution in [0.4, 0.5) is 0 Å². The highest BCUT2D eigenvalue weighted by Crippen LogP contribution is 2.04. The third kappa shape index (κ3) is 8.46. The van der Waals surface area contributed by atoms with E-state index in [4.69, 9.17) is 0 Å². The second-order valence-electron chi connectivity index (χ2n) is 3.29. The highest BCUT2D eigenvalue weighted by Gasteiger charge is 2.09. The number of rotatable bonds is 2. The van der Waals surface area contributed by atoms with Crippen LogP contribution in [0.25, 0.3) is 0 Å². The minimum atomic E-state index is 1.04. The molecule has 2 nitrogen and oxygen atoms in total. The molecule has 0 bridgehead atoms. The molecule has 0 amide bonds. The maximum atomic E-state index is 4.44. The van der Waals surface area contributed by atoms with E-state index in [0.29, 0.717) is 0 Å². The first-order chi connectivity index (χ1) is 7.29. The zero-order valence-corrected chi connectivity index (χ0v) is 11.6. The zero-order chi connectivity index (χ0) is 12.1. The van der Waals surface area contributed by atoms with Crippen molar-refractivity contribution in [3.05, 3.63) is 0 Å². The maximum absolute atomic E-state index is 4.44. The van der Waals surface area contributed by atoms with Gasteiger partial charge in [-0.2, -0.15) is 0 Å². The first kappa shape index (κ1) is 16.9. The van der Waals surface area contributed by atoms with Crippen LogP contribution >= 0.6 is 0 Å². The molecule has 2 heteroatoms. The highest BCUT2D eigenvalue weighted by atomic mass is 15.2. The Labute approximate surface area is 96.8 Å². The molecular weight excluding hydrogens is 184 g/mol. The van der Waals surface area contributed by atoms with E-state index in [-0.39, 0.29) is 0 Å². The lowest BCUT2D eigenvalue weighted by Gasteiger charge is -2.27. The molecule has 0 radical (unpaired) electrons. The molecule has 0 N–H and O–H groups in total. The van der Waals surface area contributed by atoms with Crippen LogP contribution in [0.3, 0.4) is 0 Å². The summed E-state index contributed by atoms with van der Waals surface area (Å²) in [6, 6.07) is 0. The van der Waals surface area contributed by atoms with E-state index >= 15 is 0 Å². The fourth-order valence-corrected chi connectivity index (χ4v) is 1.37. The molecule has 0 aromatic heterocycles. The van der Waals surface area contributed by atoms with Gasteiger partial charge in [0.25, 0.3) is 0 Å². The summed E-state index contributed by atoms with van der Waals surface area (Å²) in [4.78, 5) is 6.81. The molecule has 1 heterocycles. The third-order valence-electron chi connectivity index (χ3n) is 1.94. The van der Waals surface area contributed by atoms with Gasteiger partial charge in [0, 0.05) is 26.1 Å². The average Bonchev–Trinajstić information content (AvgIpc) is 2.32. The topological polar surface area (TPSA) is 15.6 Å². The number of hydrogen-bond donors (Lipinski definition) is 0. The van der Waals surface area contributed by atoms with Gasteiger partial charge < -0.3 is 4.90 Å². The Morgan fingerprint density at radius 3 is 2.00 bits per heavy atom. The molecular formula is C13H30N2. The SMILES string of the molecule is CC.CCC.CCC1=NCCCN1CC. The van der Waals surface area contributed by atoms with E-state index in [9.17, 15) is 0 Å². The smallest absolute Gasteiger partial charge is 0.0986 e. The van der Waals surface area contributed by atoms with Gasteiger partial charge in [-0.25, -0.2) is 0 Å². The lowest BCUT2D eigenvalue weighted by Crippen LogP contribution is -2.34. The van der Waals surface area contributed by atoms with Crippen LogP contribution in [-0.2, 0) is 0 Å². The quantitative estimate of drug-likeness (QED) is 0.679. The Hall–Kier alpha value is -0.530. The van der Waals surface area contributed by atoms with E-state index < -0.39 is 0 Å². The van der Waals surface area contributed by atoms with Gasteiger partial charge in [-0.05, 0) is 13.3 Å². The highest BCUT2D eigenvalue weighted by molar-refractivity contribution is 5.82. The van der Waals surface area contributed by atoms with E-state index in [1.165, 1.54) is 25.2 Å². The first-order valence-corrected chi connectivity index (χ1v) is 6.58. The van der Waals surface area contributed by atoms with Gasteiger partial charge in [-0.15, -0.1) is 0 Å². The Morgan fingerprint density at radius 2 is 1.67 bits per heavy atom. The normalized spacial score (nSPS) is 14.3. The standard InChI is InChI=1S/C8H16N2.C3H8.C2H6/c1-3-8-9-6-5-7-10(8)4-2;1-3-2;1-2/h3-7H2,1-2H3;3H2,1-2H3;1-2H3. The lowest BCUT2D eigenvalue weighted by atomic mass is 10.2. The third-order valence-corrected chi connectivity index (χ3v) is 1.94. The van der Waals surface area contributed by atoms with Crippen molar-refractivity contribution in [3.63, 3.8) is 0 Å². The van der Waals surface area contributed by atoms with Crippen LogP contribution in [0.5, 0.6) is 0 Å². The average molecular weight is 214 g/mol. The summed E-state index contributed by atoms with van der Waals surface area (Å²) >= 11 is 0. The molecule has 1 aliphatic heterocycles. The summed E-state index contributed by atoms with van der Waals surface area (Å²) in [7, 11) is 0. The summed E-state index contributed by atoms with van der Waals surface area (Å²) in [5.74, 6) is 1.30. The Bertz CT molecular complexity index is 141. The van der Waals surface area contributed by atoms with Crippen molar-refractivity contribution in [2.24, 2.45) is 4.99 Å². The van der Waals surface area contributed by atoms with Crippen molar-refractivity contribution in [2.45, 2.75) is 60.8 Å². The molecule has 0 aromatic carbocycles. The number of amidine groups is 1. The fourth-order valence-electron chi connectivity index (χ4n) is 1.37. The van der Waals surface area contributed by atoms with E-state index in [1.807, 2.05) is 13.8 Å². The van der Waals surface area contributed by atoms with Crippen LogP contribution in [0.15, 0.2) is 4.99 Å². The monoisotopic (exact) mass is 214 g/mol. The molecule has 15 heavy (non-hydrogen) atoms. The predicted molar refractivity (Wildman–Crippen MR) is 71.8 cm³/mol. The molecule has 0 atom stereocenters. The van der Waals surface area contributed by atoms with Crippen molar-refractivity contribution < 1.29 is 0 Å².